The van der Waals surface area contributed by atoms with Gasteiger partial charge >= 0.3 is 0 Å². The van der Waals surface area contributed by atoms with Gasteiger partial charge in [0.2, 0.25) is 0 Å². The van der Waals surface area contributed by atoms with Crippen LogP contribution in [-0.4, -0.2) is 18.0 Å². The van der Waals surface area contributed by atoms with Crippen LogP contribution in [0.5, 0.6) is 0 Å². The Labute approximate surface area is 104 Å². The zero-order valence-corrected chi connectivity index (χ0v) is 11.0. The summed E-state index contributed by atoms with van der Waals surface area (Å²) < 4.78 is 13.8. The van der Waals surface area contributed by atoms with Crippen LogP contribution in [-0.2, 0) is 6.54 Å². The van der Waals surface area contributed by atoms with Crippen LogP contribution in [0.3, 0.4) is 0 Å². The van der Waals surface area contributed by atoms with Crippen molar-refractivity contribution in [2.45, 2.75) is 33.7 Å². The third kappa shape index (κ3) is 3.06. The van der Waals surface area contributed by atoms with E-state index in [2.05, 4.69) is 18.7 Å². The average Bonchev–Trinajstić information content (AvgIpc) is 2.22. The maximum atomic E-state index is 13.8. The lowest BCUT2D eigenvalue weighted by atomic mass is 9.91. The van der Waals surface area contributed by atoms with E-state index in [1.807, 2.05) is 13.0 Å². The fraction of sp³-hybridized carbons (Fsp3) is 0.600. The number of nitrogens with zero attached hydrogens (tertiary/aromatic N) is 1. The normalized spacial score (nSPS) is 26.1. The van der Waals surface area contributed by atoms with Gasteiger partial charge in [-0.25, -0.2) is 4.39 Å². The van der Waals surface area contributed by atoms with Crippen molar-refractivity contribution in [3.8, 4) is 0 Å². The molecule has 1 nitrogen and oxygen atoms in total. The lowest BCUT2D eigenvalue weighted by Gasteiger charge is -2.35. The van der Waals surface area contributed by atoms with Crippen molar-refractivity contribution >= 4 is 0 Å². The molecule has 0 N–H and O–H groups in total. The minimum Gasteiger partial charge on any atom is -0.298 e. The summed E-state index contributed by atoms with van der Waals surface area (Å²) in [4.78, 5) is 2.39. The number of piperidine rings is 1. The van der Waals surface area contributed by atoms with Crippen molar-refractivity contribution in [3.05, 3.63) is 35.1 Å². The number of hydrogen-bond acceptors (Lipinski definition) is 1. The second-order valence-electron chi connectivity index (χ2n) is 5.68. The molecular weight excluding hydrogens is 213 g/mol. The maximum Gasteiger partial charge on any atom is 0.127 e. The summed E-state index contributed by atoms with van der Waals surface area (Å²) in [6.07, 6.45) is 1.30. The molecule has 0 amide bonds. The highest BCUT2D eigenvalue weighted by Crippen LogP contribution is 2.24. The highest BCUT2D eigenvalue weighted by Gasteiger charge is 2.22. The van der Waals surface area contributed by atoms with E-state index in [-0.39, 0.29) is 5.82 Å². The Bertz CT molecular complexity index is 358. The van der Waals surface area contributed by atoms with E-state index >= 15 is 0 Å². The molecule has 1 fully saturated rings. The predicted molar refractivity (Wildman–Crippen MR) is 69.4 cm³/mol. The van der Waals surface area contributed by atoms with Gasteiger partial charge in [-0.05, 0) is 36.8 Å². The molecule has 1 aromatic rings. The molecule has 94 valence electrons. The van der Waals surface area contributed by atoms with Crippen molar-refractivity contribution in [2.24, 2.45) is 11.8 Å². The number of benzene rings is 1. The first-order valence-corrected chi connectivity index (χ1v) is 6.52. The van der Waals surface area contributed by atoms with Gasteiger partial charge in [-0.15, -0.1) is 0 Å². The Morgan fingerprint density at radius 2 is 1.88 bits per heavy atom. The number of aryl methyl sites for hydroxylation is 1. The van der Waals surface area contributed by atoms with E-state index in [1.54, 1.807) is 12.1 Å². The first-order chi connectivity index (χ1) is 8.06. The molecule has 1 aliphatic rings. The number of halogens is 1. The minimum atomic E-state index is -0.0594. The quantitative estimate of drug-likeness (QED) is 0.757. The highest BCUT2D eigenvalue weighted by molar-refractivity contribution is 5.27. The second-order valence-corrected chi connectivity index (χ2v) is 5.68. The smallest absolute Gasteiger partial charge is 0.127 e. The summed E-state index contributed by atoms with van der Waals surface area (Å²) in [7, 11) is 0. The molecule has 0 bridgehead atoms. The molecule has 2 unspecified atom stereocenters. The molecule has 1 heterocycles. The van der Waals surface area contributed by atoms with Crippen molar-refractivity contribution in [2.75, 3.05) is 13.1 Å². The van der Waals surface area contributed by atoms with E-state index in [1.165, 1.54) is 6.42 Å². The highest BCUT2D eigenvalue weighted by atomic mass is 19.1. The summed E-state index contributed by atoms with van der Waals surface area (Å²) in [6.45, 7) is 9.52. The van der Waals surface area contributed by atoms with Crippen molar-refractivity contribution < 1.29 is 4.39 Å². The van der Waals surface area contributed by atoms with Crippen LogP contribution in [0, 0.1) is 24.6 Å². The summed E-state index contributed by atoms with van der Waals surface area (Å²) in [5, 5.41) is 0. The Kier molecular flexibility index (Phi) is 3.82. The summed E-state index contributed by atoms with van der Waals surface area (Å²) in [5.74, 6) is 1.40. The zero-order valence-electron chi connectivity index (χ0n) is 11.0. The fourth-order valence-electron chi connectivity index (χ4n) is 3.01. The minimum absolute atomic E-state index is 0.0594. The van der Waals surface area contributed by atoms with Crippen LogP contribution < -0.4 is 0 Å². The van der Waals surface area contributed by atoms with Crippen LogP contribution in [0.1, 0.15) is 31.4 Å². The van der Waals surface area contributed by atoms with Gasteiger partial charge in [0.1, 0.15) is 5.82 Å². The maximum absolute atomic E-state index is 13.8. The lowest BCUT2D eigenvalue weighted by molar-refractivity contribution is 0.133. The molecule has 0 saturated carbocycles. The Morgan fingerprint density at radius 3 is 2.47 bits per heavy atom. The monoisotopic (exact) mass is 235 g/mol. The van der Waals surface area contributed by atoms with E-state index in [0.29, 0.717) is 0 Å². The number of rotatable bonds is 2. The molecule has 1 aliphatic heterocycles. The number of likely N-dealkylation sites (tertiary alicyclic amines) is 1. The van der Waals surface area contributed by atoms with Crippen LogP contribution in [0.15, 0.2) is 18.2 Å². The third-order valence-electron chi connectivity index (χ3n) is 3.68. The molecular formula is C15H22FN. The van der Waals surface area contributed by atoms with Gasteiger partial charge in [-0.2, -0.15) is 0 Å². The average molecular weight is 235 g/mol. The molecule has 0 aromatic heterocycles. The van der Waals surface area contributed by atoms with E-state index in [4.69, 9.17) is 0 Å². The first-order valence-electron chi connectivity index (χ1n) is 6.52. The molecule has 0 aliphatic carbocycles. The number of hydrogen-bond donors (Lipinski definition) is 0. The van der Waals surface area contributed by atoms with Gasteiger partial charge < -0.3 is 0 Å². The van der Waals surface area contributed by atoms with Gasteiger partial charge in [0.05, 0.1) is 0 Å². The van der Waals surface area contributed by atoms with Gasteiger partial charge in [0, 0.05) is 25.2 Å². The van der Waals surface area contributed by atoms with Gasteiger partial charge in [-0.1, -0.05) is 26.0 Å². The largest absolute Gasteiger partial charge is 0.298 e. The summed E-state index contributed by atoms with van der Waals surface area (Å²) in [6, 6.07) is 5.35. The molecule has 2 heteroatoms. The molecule has 1 saturated heterocycles. The van der Waals surface area contributed by atoms with Gasteiger partial charge in [0.25, 0.3) is 0 Å². The lowest BCUT2D eigenvalue weighted by Crippen LogP contribution is -2.38. The molecule has 1 aromatic carbocycles. The third-order valence-corrected chi connectivity index (χ3v) is 3.68. The molecule has 2 rings (SSSR count). The molecule has 0 spiro atoms. The van der Waals surface area contributed by atoms with Crippen molar-refractivity contribution in [1.29, 1.82) is 0 Å². The zero-order chi connectivity index (χ0) is 12.4. The Hall–Kier alpha value is -0.890. The van der Waals surface area contributed by atoms with Crippen molar-refractivity contribution in [3.63, 3.8) is 0 Å². The standard InChI is InChI=1S/C15H22FN/c1-11-7-12(2)9-17(8-11)10-14-13(3)5-4-6-15(14)16/h4-6,11-12H,7-10H2,1-3H3. The SMILES string of the molecule is Cc1cccc(F)c1CN1CC(C)CC(C)C1. The summed E-state index contributed by atoms with van der Waals surface area (Å²) >= 11 is 0. The van der Waals surface area contributed by atoms with E-state index in [9.17, 15) is 4.39 Å². The molecule has 0 radical (unpaired) electrons. The molecule has 17 heavy (non-hydrogen) atoms. The van der Waals surface area contributed by atoms with Crippen LogP contribution >= 0.6 is 0 Å². The first kappa shape index (κ1) is 12.6. The van der Waals surface area contributed by atoms with Crippen LogP contribution in [0.2, 0.25) is 0 Å². The predicted octanol–water partition coefficient (Wildman–Crippen LogP) is 3.61. The van der Waals surface area contributed by atoms with E-state index in [0.717, 1.165) is 42.6 Å². The topological polar surface area (TPSA) is 3.24 Å². The van der Waals surface area contributed by atoms with Crippen molar-refractivity contribution in [1.82, 2.24) is 4.90 Å². The summed E-state index contributed by atoms with van der Waals surface area (Å²) in [5.41, 5.74) is 1.93. The van der Waals surface area contributed by atoms with Gasteiger partial charge in [-0.3, -0.25) is 4.90 Å². The fourth-order valence-corrected chi connectivity index (χ4v) is 3.01. The molecule has 2 atom stereocenters. The second kappa shape index (κ2) is 5.18. The Balaban J connectivity index is 2.10. The van der Waals surface area contributed by atoms with Gasteiger partial charge in [0.15, 0.2) is 0 Å². The van der Waals surface area contributed by atoms with Crippen LogP contribution in [0.4, 0.5) is 4.39 Å². The van der Waals surface area contributed by atoms with E-state index < -0.39 is 0 Å². The Morgan fingerprint density at radius 1 is 1.24 bits per heavy atom. The van der Waals surface area contributed by atoms with Crippen LogP contribution in [0.25, 0.3) is 0 Å².